The zero-order chi connectivity index (χ0) is 9.03. The highest BCUT2D eigenvalue weighted by molar-refractivity contribution is 9.09. The van der Waals surface area contributed by atoms with Crippen molar-refractivity contribution in [3.05, 3.63) is 0 Å². The van der Waals surface area contributed by atoms with Gasteiger partial charge in [-0.05, 0) is 26.7 Å². The molecule has 0 unspecified atom stereocenters. The van der Waals surface area contributed by atoms with Crippen LogP contribution in [0.4, 0.5) is 0 Å². The Morgan fingerprint density at radius 1 is 1.33 bits per heavy atom. The highest BCUT2D eigenvalue weighted by Gasteiger charge is 2.33. The summed E-state index contributed by atoms with van der Waals surface area (Å²) in [7, 11) is 0. The first-order valence-corrected chi connectivity index (χ1v) is 5.98. The van der Waals surface area contributed by atoms with Crippen molar-refractivity contribution in [3.8, 4) is 0 Å². The van der Waals surface area contributed by atoms with Gasteiger partial charge >= 0.3 is 0 Å². The predicted molar refractivity (Wildman–Crippen MR) is 55.8 cm³/mol. The van der Waals surface area contributed by atoms with Crippen LogP contribution in [0.5, 0.6) is 0 Å². The molecule has 72 valence electrons. The zero-order valence-corrected chi connectivity index (χ0v) is 9.69. The topological polar surface area (TPSA) is 9.23 Å². The molecule has 1 saturated carbocycles. The van der Waals surface area contributed by atoms with Crippen LogP contribution in [0.25, 0.3) is 0 Å². The van der Waals surface area contributed by atoms with Gasteiger partial charge in [0.15, 0.2) is 0 Å². The van der Waals surface area contributed by atoms with E-state index >= 15 is 0 Å². The number of rotatable bonds is 4. The van der Waals surface area contributed by atoms with Crippen molar-refractivity contribution in [2.75, 3.05) is 11.9 Å². The van der Waals surface area contributed by atoms with E-state index in [0.717, 1.165) is 11.9 Å². The lowest BCUT2D eigenvalue weighted by Crippen LogP contribution is -2.26. The van der Waals surface area contributed by atoms with E-state index in [9.17, 15) is 0 Å². The molecule has 0 bridgehead atoms. The van der Waals surface area contributed by atoms with Crippen LogP contribution in [0.1, 0.15) is 39.5 Å². The van der Waals surface area contributed by atoms with E-state index in [-0.39, 0.29) is 0 Å². The van der Waals surface area contributed by atoms with Gasteiger partial charge in [0.25, 0.3) is 0 Å². The summed E-state index contributed by atoms with van der Waals surface area (Å²) in [6, 6.07) is 0. The first kappa shape index (κ1) is 10.5. The van der Waals surface area contributed by atoms with Gasteiger partial charge in [-0.2, -0.15) is 0 Å². The standard InChI is InChI=1S/C10H19BrO/c1-9(2)12-8-10(7-11)5-3-4-6-10/h9H,3-8H2,1-2H3. The lowest BCUT2D eigenvalue weighted by atomic mass is 9.90. The van der Waals surface area contributed by atoms with E-state index < -0.39 is 0 Å². The smallest absolute Gasteiger partial charge is 0.0533 e. The zero-order valence-electron chi connectivity index (χ0n) is 8.11. The molecule has 1 aliphatic carbocycles. The highest BCUT2D eigenvalue weighted by Crippen LogP contribution is 2.39. The molecule has 1 rings (SSSR count). The minimum absolute atomic E-state index is 0.376. The van der Waals surface area contributed by atoms with Crippen LogP contribution in [0.15, 0.2) is 0 Å². The lowest BCUT2D eigenvalue weighted by molar-refractivity contribution is 0.0194. The number of alkyl halides is 1. The fourth-order valence-corrected chi connectivity index (χ4v) is 2.51. The lowest BCUT2D eigenvalue weighted by Gasteiger charge is -2.27. The third-order valence-corrected chi connectivity index (χ3v) is 3.86. The second kappa shape index (κ2) is 4.61. The van der Waals surface area contributed by atoms with E-state index in [2.05, 4.69) is 29.8 Å². The molecule has 0 heterocycles. The monoisotopic (exact) mass is 234 g/mol. The molecule has 2 heteroatoms. The number of ether oxygens (including phenoxy) is 1. The number of hydrogen-bond donors (Lipinski definition) is 0. The van der Waals surface area contributed by atoms with Crippen LogP contribution < -0.4 is 0 Å². The van der Waals surface area contributed by atoms with Crippen LogP contribution in [0.2, 0.25) is 0 Å². The molecule has 0 aromatic rings. The fraction of sp³-hybridized carbons (Fsp3) is 1.00. The minimum Gasteiger partial charge on any atom is -0.378 e. The van der Waals surface area contributed by atoms with Crippen molar-refractivity contribution >= 4 is 15.9 Å². The Morgan fingerprint density at radius 2 is 1.92 bits per heavy atom. The molecule has 1 fully saturated rings. The van der Waals surface area contributed by atoms with E-state index in [4.69, 9.17) is 4.74 Å². The normalized spacial score (nSPS) is 22.0. The largest absolute Gasteiger partial charge is 0.378 e. The Hall–Kier alpha value is 0.440. The maximum Gasteiger partial charge on any atom is 0.0533 e. The highest BCUT2D eigenvalue weighted by atomic mass is 79.9. The molecule has 0 spiro atoms. The summed E-state index contributed by atoms with van der Waals surface area (Å²) in [6.07, 6.45) is 5.82. The third kappa shape index (κ3) is 2.74. The molecule has 0 aromatic heterocycles. The Bertz CT molecular complexity index is 128. The van der Waals surface area contributed by atoms with Crippen molar-refractivity contribution in [2.45, 2.75) is 45.6 Å². The Labute approximate surface area is 84.0 Å². The third-order valence-electron chi connectivity index (χ3n) is 2.67. The van der Waals surface area contributed by atoms with Crippen molar-refractivity contribution in [1.82, 2.24) is 0 Å². The number of halogens is 1. The van der Waals surface area contributed by atoms with Crippen LogP contribution >= 0.6 is 15.9 Å². The van der Waals surface area contributed by atoms with Gasteiger partial charge in [-0.1, -0.05) is 28.8 Å². The summed E-state index contributed by atoms with van der Waals surface area (Å²) in [6.45, 7) is 5.16. The van der Waals surface area contributed by atoms with Crippen molar-refractivity contribution < 1.29 is 4.74 Å². The van der Waals surface area contributed by atoms with Crippen molar-refractivity contribution in [1.29, 1.82) is 0 Å². The van der Waals surface area contributed by atoms with Gasteiger partial charge in [0.1, 0.15) is 0 Å². The van der Waals surface area contributed by atoms with Gasteiger partial charge in [-0.15, -0.1) is 0 Å². The van der Waals surface area contributed by atoms with E-state index in [1.807, 2.05) is 0 Å². The Balaban J connectivity index is 2.34. The molecule has 0 aliphatic heterocycles. The summed E-state index contributed by atoms with van der Waals surface area (Å²) in [5, 5.41) is 1.10. The molecular formula is C10H19BrO. The van der Waals surface area contributed by atoms with E-state index in [1.54, 1.807) is 0 Å². The molecule has 12 heavy (non-hydrogen) atoms. The maximum atomic E-state index is 5.69. The van der Waals surface area contributed by atoms with Crippen LogP contribution in [-0.2, 0) is 4.74 Å². The average molecular weight is 235 g/mol. The van der Waals surface area contributed by atoms with Gasteiger partial charge in [-0.3, -0.25) is 0 Å². The second-order valence-corrected chi connectivity index (χ2v) is 4.76. The molecule has 0 saturated heterocycles. The van der Waals surface area contributed by atoms with Gasteiger partial charge in [0.2, 0.25) is 0 Å². The average Bonchev–Trinajstić information content (AvgIpc) is 2.50. The van der Waals surface area contributed by atoms with Crippen LogP contribution in [0.3, 0.4) is 0 Å². The first-order valence-electron chi connectivity index (χ1n) is 4.86. The summed E-state index contributed by atoms with van der Waals surface area (Å²) < 4.78 is 5.69. The van der Waals surface area contributed by atoms with Gasteiger partial charge < -0.3 is 4.74 Å². The molecule has 0 N–H and O–H groups in total. The summed E-state index contributed by atoms with van der Waals surface area (Å²) in [5.41, 5.74) is 0.463. The molecular weight excluding hydrogens is 216 g/mol. The molecule has 1 nitrogen and oxygen atoms in total. The predicted octanol–water partition coefficient (Wildman–Crippen LogP) is 3.37. The summed E-state index contributed by atoms with van der Waals surface area (Å²) in [5.74, 6) is 0. The quantitative estimate of drug-likeness (QED) is 0.679. The van der Waals surface area contributed by atoms with Crippen molar-refractivity contribution in [2.24, 2.45) is 5.41 Å². The molecule has 0 aromatic carbocycles. The molecule has 1 aliphatic rings. The van der Waals surface area contributed by atoms with Crippen LogP contribution in [0, 0.1) is 5.41 Å². The second-order valence-electron chi connectivity index (χ2n) is 4.20. The molecule has 0 radical (unpaired) electrons. The van der Waals surface area contributed by atoms with E-state index in [1.165, 1.54) is 25.7 Å². The van der Waals surface area contributed by atoms with E-state index in [0.29, 0.717) is 11.5 Å². The van der Waals surface area contributed by atoms with Crippen LogP contribution in [-0.4, -0.2) is 18.0 Å². The number of hydrogen-bond acceptors (Lipinski definition) is 1. The van der Waals surface area contributed by atoms with Gasteiger partial charge in [0.05, 0.1) is 12.7 Å². The molecule has 0 atom stereocenters. The minimum atomic E-state index is 0.376. The van der Waals surface area contributed by atoms with Gasteiger partial charge in [0, 0.05) is 10.7 Å². The Morgan fingerprint density at radius 3 is 2.33 bits per heavy atom. The molecule has 0 amide bonds. The Kier molecular flexibility index (Phi) is 4.04. The first-order chi connectivity index (χ1) is 5.68. The van der Waals surface area contributed by atoms with Gasteiger partial charge in [-0.25, -0.2) is 0 Å². The summed E-state index contributed by atoms with van der Waals surface area (Å²) in [4.78, 5) is 0. The SMILES string of the molecule is CC(C)OCC1(CBr)CCCC1. The van der Waals surface area contributed by atoms with Crippen molar-refractivity contribution in [3.63, 3.8) is 0 Å². The summed E-state index contributed by atoms with van der Waals surface area (Å²) >= 11 is 3.60. The fourth-order valence-electron chi connectivity index (χ4n) is 1.78. The maximum absolute atomic E-state index is 5.69.